The van der Waals surface area contributed by atoms with Crippen molar-refractivity contribution in [2.24, 2.45) is 0 Å². The summed E-state index contributed by atoms with van der Waals surface area (Å²) in [6.45, 7) is 9.81. The second kappa shape index (κ2) is 12.1. The third kappa shape index (κ3) is 6.71. The van der Waals surface area contributed by atoms with Gasteiger partial charge in [0.15, 0.2) is 0 Å². The van der Waals surface area contributed by atoms with Gasteiger partial charge >= 0.3 is 0 Å². The highest BCUT2D eigenvalue weighted by Gasteiger charge is 2.10. The quantitative estimate of drug-likeness (QED) is 0.287. The summed E-state index contributed by atoms with van der Waals surface area (Å²) in [5.74, 6) is 2.00. The normalized spacial score (nSPS) is 10.9. The lowest BCUT2D eigenvalue weighted by atomic mass is 10.2. The average Bonchev–Trinajstić information content (AvgIpc) is 3.16. The van der Waals surface area contributed by atoms with Crippen LogP contribution in [0.3, 0.4) is 0 Å². The van der Waals surface area contributed by atoms with E-state index in [1.165, 1.54) is 11.1 Å². The Labute approximate surface area is 191 Å². The summed E-state index contributed by atoms with van der Waals surface area (Å²) < 4.78 is 8.28. The average molecular weight is 434 g/mol. The highest BCUT2D eigenvalue weighted by atomic mass is 16.5. The Balaban J connectivity index is 1.49. The van der Waals surface area contributed by atoms with Gasteiger partial charge in [0.2, 0.25) is 5.91 Å². The number of para-hydroxylation sites is 2. The molecule has 1 N–H and O–H groups in total. The van der Waals surface area contributed by atoms with Gasteiger partial charge in [-0.2, -0.15) is 0 Å². The van der Waals surface area contributed by atoms with Crippen molar-refractivity contribution in [3.8, 4) is 5.75 Å². The van der Waals surface area contributed by atoms with Gasteiger partial charge in [0.05, 0.1) is 17.6 Å². The van der Waals surface area contributed by atoms with Crippen molar-refractivity contribution in [1.29, 1.82) is 0 Å². The van der Waals surface area contributed by atoms with E-state index in [-0.39, 0.29) is 5.91 Å². The summed E-state index contributed by atoms with van der Waals surface area (Å²) >= 11 is 0. The maximum atomic E-state index is 11.6. The molecule has 3 rings (SSSR count). The first kappa shape index (κ1) is 23.6. The fourth-order valence-corrected chi connectivity index (χ4v) is 3.74. The van der Waals surface area contributed by atoms with Crippen LogP contribution in [-0.2, 0) is 24.2 Å². The fraction of sp³-hybridized carbons (Fsp3) is 0.407. The Morgan fingerprint density at radius 2 is 1.84 bits per heavy atom. The molecule has 32 heavy (non-hydrogen) atoms. The van der Waals surface area contributed by atoms with Gasteiger partial charge in [-0.1, -0.05) is 44.2 Å². The van der Waals surface area contributed by atoms with Crippen molar-refractivity contribution in [3.63, 3.8) is 0 Å². The number of carbonyl (C=O) groups is 1. The van der Waals surface area contributed by atoms with E-state index in [1.54, 1.807) is 6.92 Å². The van der Waals surface area contributed by atoms with E-state index < -0.39 is 0 Å². The molecule has 0 atom stereocenters. The van der Waals surface area contributed by atoms with E-state index in [1.807, 2.05) is 6.07 Å². The van der Waals surface area contributed by atoms with Crippen LogP contribution in [0.5, 0.6) is 5.75 Å². The summed E-state index contributed by atoms with van der Waals surface area (Å²) in [7, 11) is 0. The molecule has 0 radical (unpaired) electrons. The van der Waals surface area contributed by atoms with Gasteiger partial charge in [0.1, 0.15) is 11.6 Å². The van der Waals surface area contributed by atoms with Crippen molar-refractivity contribution in [2.45, 2.75) is 58.9 Å². The molecule has 0 aliphatic heterocycles. The second-order valence-corrected chi connectivity index (χ2v) is 8.21. The third-order valence-electron chi connectivity index (χ3n) is 5.61. The van der Waals surface area contributed by atoms with Gasteiger partial charge in [-0.3, -0.25) is 4.79 Å². The molecule has 5 nitrogen and oxygen atoms in total. The summed E-state index contributed by atoms with van der Waals surface area (Å²) in [5, 5.41) is 2.89. The van der Waals surface area contributed by atoms with E-state index in [0.29, 0.717) is 18.7 Å². The number of rotatable bonds is 13. The Kier molecular flexibility index (Phi) is 8.90. The number of hydrogen-bond acceptors (Lipinski definition) is 3. The van der Waals surface area contributed by atoms with Gasteiger partial charge in [-0.15, -0.1) is 0 Å². The molecule has 0 unspecified atom stereocenters. The van der Waals surface area contributed by atoms with Crippen molar-refractivity contribution in [2.75, 3.05) is 13.2 Å². The Bertz CT molecular complexity index is 1020. The molecule has 1 heterocycles. The predicted octanol–water partition coefficient (Wildman–Crippen LogP) is 5.47. The number of benzene rings is 2. The summed E-state index contributed by atoms with van der Waals surface area (Å²) in [5.41, 5.74) is 4.11. The molecular formula is C27H35N3O2. The Morgan fingerprint density at radius 3 is 2.59 bits per heavy atom. The van der Waals surface area contributed by atoms with Gasteiger partial charge in [0.25, 0.3) is 0 Å². The number of carbonyl (C=O) groups excluding carboxylic acids is 1. The first-order chi connectivity index (χ1) is 15.6. The summed E-state index contributed by atoms with van der Waals surface area (Å²) in [6.07, 6.45) is 5.96. The lowest BCUT2D eigenvalue weighted by molar-refractivity contribution is -0.117. The number of hydrogen-bond donors (Lipinski definition) is 1. The van der Waals surface area contributed by atoms with Crippen LogP contribution >= 0.6 is 0 Å². The highest BCUT2D eigenvalue weighted by molar-refractivity contribution is 5.92. The van der Waals surface area contributed by atoms with Crippen LogP contribution in [0.4, 0.5) is 0 Å². The molecule has 0 saturated heterocycles. The first-order valence-corrected chi connectivity index (χ1v) is 11.7. The van der Waals surface area contributed by atoms with Crippen LogP contribution in [0.15, 0.2) is 60.7 Å². The molecule has 1 aromatic heterocycles. The fourth-order valence-electron chi connectivity index (χ4n) is 3.74. The highest BCUT2D eigenvalue weighted by Crippen LogP contribution is 2.19. The molecule has 0 spiro atoms. The number of imidazole rings is 1. The number of ether oxygens (including phenoxy) is 1. The van der Waals surface area contributed by atoms with Gasteiger partial charge in [0, 0.05) is 25.1 Å². The summed E-state index contributed by atoms with van der Waals surface area (Å²) in [4.78, 5) is 16.4. The smallest absolute Gasteiger partial charge is 0.246 e. The lowest BCUT2D eigenvalue weighted by Gasteiger charge is -2.11. The molecule has 0 bridgehead atoms. The van der Waals surface area contributed by atoms with Crippen molar-refractivity contribution in [3.05, 3.63) is 72.1 Å². The molecule has 0 aliphatic rings. The number of amides is 1. The molecule has 3 aromatic rings. The number of aromatic nitrogens is 2. The molecular weight excluding hydrogens is 398 g/mol. The molecule has 0 saturated carbocycles. The largest absolute Gasteiger partial charge is 0.494 e. The minimum atomic E-state index is -0.0599. The van der Waals surface area contributed by atoms with E-state index in [0.717, 1.165) is 62.2 Å². The van der Waals surface area contributed by atoms with E-state index in [4.69, 9.17) is 9.72 Å². The Morgan fingerprint density at radius 1 is 1.06 bits per heavy atom. The van der Waals surface area contributed by atoms with Gasteiger partial charge < -0.3 is 14.6 Å². The number of nitrogens with one attached hydrogen (secondary N) is 1. The molecule has 0 fully saturated rings. The second-order valence-electron chi connectivity index (χ2n) is 8.21. The maximum absolute atomic E-state index is 11.6. The molecule has 1 amide bonds. The lowest BCUT2D eigenvalue weighted by Crippen LogP contribution is -2.24. The summed E-state index contributed by atoms with van der Waals surface area (Å²) in [6, 6.07) is 16.7. The topological polar surface area (TPSA) is 56.2 Å². The molecule has 2 aromatic carbocycles. The monoisotopic (exact) mass is 433 g/mol. The van der Waals surface area contributed by atoms with Crippen LogP contribution in [0.1, 0.15) is 50.9 Å². The van der Waals surface area contributed by atoms with Crippen molar-refractivity contribution in [1.82, 2.24) is 14.9 Å². The van der Waals surface area contributed by atoms with E-state index >= 15 is 0 Å². The van der Waals surface area contributed by atoms with Crippen LogP contribution in [0.25, 0.3) is 11.0 Å². The van der Waals surface area contributed by atoms with Gasteiger partial charge in [-0.25, -0.2) is 4.98 Å². The van der Waals surface area contributed by atoms with E-state index in [2.05, 4.69) is 65.9 Å². The zero-order chi connectivity index (χ0) is 22.8. The zero-order valence-corrected chi connectivity index (χ0v) is 19.4. The number of aryl methyl sites for hydroxylation is 3. The van der Waals surface area contributed by atoms with Crippen molar-refractivity contribution >= 4 is 16.9 Å². The third-order valence-corrected chi connectivity index (χ3v) is 5.61. The minimum absolute atomic E-state index is 0.0599. The maximum Gasteiger partial charge on any atom is 0.246 e. The SMILES string of the molecule is C=C(C)C(=O)NCCCCCc1nc2ccccc2n1CCCOc1ccc(CC)cc1. The molecule has 0 aliphatic carbocycles. The molecule has 5 heteroatoms. The number of fused-ring (bicyclic) bond motifs is 1. The zero-order valence-electron chi connectivity index (χ0n) is 19.4. The van der Waals surface area contributed by atoms with Crippen LogP contribution < -0.4 is 10.1 Å². The van der Waals surface area contributed by atoms with Gasteiger partial charge in [-0.05, 0) is 62.4 Å². The minimum Gasteiger partial charge on any atom is -0.494 e. The van der Waals surface area contributed by atoms with E-state index in [9.17, 15) is 4.79 Å². The predicted molar refractivity (Wildman–Crippen MR) is 131 cm³/mol. The molecule has 170 valence electrons. The van der Waals surface area contributed by atoms with Crippen LogP contribution in [0, 0.1) is 0 Å². The van der Waals surface area contributed by atoms with Crippen LogP contribution in [-0.4, -0.2) is 28.6 Å². The standard InChI is InChI=1S/C27H35N3O2/c1-4-22-14-16-23(17-15-22)32-20-10-19-30-25-12-8-7-11-24(25)29-26(30)13-6-5-9-18-28-27(31)21(2)3/h7-8,11-12,14-17H,2,4-6,9-10,13,18-20H2,1,3H3,(H,28,31). The first-order valence-electron chi connectivity index (χ1n) is 11.7. The van der Waals surface area contributed by atoms with Crippen LogP contribution in [0.2, 0.25) is 0 Å². The number of nitrogens with zero attached hydrogens (tertiary/aromatic N) is 2. The van der Waals surface area contributed by atoms with Crippen molar-refractivity contribution < 1.29 is 9.53 Å². The number of unbranched alkanes of at least 4 members (excludes halogenated alkanes) is 2. The Hall–Kier alpha value is -3.08.